The maximum absolute atomic E-state index is 13.0. The molecule has 0 aliphatic rings. The molecule has 0 aliphatic carbocycles. The fourth-order valence-electron chi connectivity index (χ4n) is 2.54. The topological polar surface area (TPSA) is 38.1 Å². The van der Waals surface area contributed by atoms with E-state index < -0.39 is 12.5 Å². The van der Waals surface area contributed by atoms with E-state index >= 15 is 0 Å². The van der Waals surface area contributed by atoms with Crippen LogP contribution in [0.1, 0.15) is 58.5 Å². The van der Waals surface area contributed by atoms with E-state index in [1.165, 1.54) is 4.68 Å². The van der Waals surface area contributed by atoms with E-state index in [-0.39, 0.29) is 16.1 Å². The number of carbonyl (C=O) groups is 1. The monoisotopic (exact) mass is 393 g/mol. The van der Waals surface area contributed by atoms with Gasteiger partial charge in [0.25, 0.3) is 6.43 Å². The maximum atomic E-state index is 13.0. The number of hydrogen-bond donors (Lipinski definition) is 0. The Morgan fingerprint density at radius 1 is 1.17 bits per heavy atom. The van der Waals surface area contributed by atoms with Crippen molar-refractivity contribution < 1.29 is 13.6 Å². The highest BCUT2D eigenvalue weighted by Gasteiger charge is 2.28. The molecule has 0 saturated heterocycles. The molecule has 0 fully saturated rings. The maximum Gasteiger partial charge on any atom is 0.283 e. The summed E-state index contributed by atoms with van der Waals surface area (Å²) in [6.45, 7) is 12.9. The molecule has 1 rings (SSSR count). The minimum atomic E-state index is -2.67. The first kappa shape index (κ1) is 20.1. The van der Waals surface area contributed by atoms with Crippen LogP contribution in [0.15, 0.2) is 4.47 Å². The molecule has 4 nitrogen and oxygen atoms in total. The molecule has 132 valence electrons. The van der Waals surface area contributed by atoms with Gasteiger partial charge < -0.3 is 4.90 Å². The molecule has 23 heavy (non-hydrogen) atoms. The molecule has 1 aromatic rings. The first-order valence-electron chi connectivity index (χ1n) is 7.87. The predicted octanol–water partition coefficient (Wildman–Crippen LogP) is 4.59. The third-order valence-corrected chi connectivity index (χ3v) is 4.50. The van der Waals surface area contributed by atoms with Crippen LogP contribution < -0.4 is 0 Å². The van der Waals surface area contributed by atoms with Crippen LogP contribution in [0.3, 0.4) is 0 Å². The van der Waals surface area contributed by atoms with Gasteiger partial charge >= 0.3 is 0 Å². The zero-order valence-electron chi connectivity index (χ0n) is 14.6. The van der Waals surface area contributed by atoms with Gasteiger partial charge in [-0.1, -0.05) is 27.7 Å². The second-order valence-corrected chi connectivity index (χ2v) is 7.53. The number of amides is 1. The van der Waals surface area contributed by atoms with Crippen molar-refractivity contribution in [2.75, 3.05) is 13.1 Å². The summed E-state index contributed by atoms with van der Waals surface area (Å²) in [5, 5.41) is 3.94. The van der Waals surface area contributed by atoms with Gasteiger partial charge in [-0.2, -0.15) is 5.10 Å². The zero-order chi connectivity index (χ0) is 17.9. The molecule has 0 aliphatic heterocycles. The van der Waals surface area contributed by atoms with Gasteiger partial charge in [0.2, 0.25) is 5.91 Å². The molecular weight excluding hydrogens is 368 g/mol. The van der Waals surface area contributed by atoms with Gasteiger partial charge in [0.1, 0.15) is 11.7 Å². The van der Waals surface area contributed by atoms with Crippen LogP contribution >= 0.6 is 15.9 Å². The van der Waals surface area contributed by atoms with Crippen molar-refractivity contribution in [1.82, 2.24) is 14.7 Å². The Bertz CT molecular complexity index is 534. The summed E-state index contributed by atoms with van der Waals surface area (Å²) in [7, 11) is 0. The highest BCUT2D eigenvalue weighted by Crippen LogP contribution is 2.31. The van der Waals surface area contributed by atoms with Crippen LogP contribution in [0.2, 0.25) is 0 Å². The van der Waals surface area contributed by atoms with E-state index in [2.05, 4.69) is 48.7 Å². The molecule has 1 aromatic heterocycles. The van der Waals surface area contributed by atoms with E-state index in [4.69, 9.17) is 0 Å². The Labute approximate surface area is 145 Å². The van der Waals surface area contributed by atoms with Gasteiger partial charge in [0.05, 0.1) is 10.2 Å². The third-order valence-electron chi connectivity index (χ3n) is 3.52. The average Bonchev–Trinajstić information content (AvgIpc) is 2.72. The van der Waals surface area contributed by atoms with Crippen LogP contribution in [-0.2, 0) is 4.79 Å². The first-order chi connectivity index (χ1) is 10.6. The predicted molar refractivity (Wildman–Crippen MR) is 90.6 cm³/mol. The Balaban J connectivity index is 3.08. The first-order valence-corrected chi connectivity index (χ1v) is 8.66. The minimum Gasteiger partial charge on any atom is -0.340 e. The highest BCUT2D eigenvalue weighted by atomic mass is 79.9. The molecule has 1 amide bonds. The second kappa shape index (κ2) is 8.22. The quantitative estimate of drug-likeness (QED) is 0.678. The molecule has 1 heterocycles. The molecule has 0 radical (unpaired) electrons. The van der Waals surface area contributed by atoms with E-state index in [0.29, 0.717) is 30.6 Å². The Kier molecular flexibility index (Phi) is 7.17. The number of hydrogen-bond acceptors (Lipinski definition) is 2. The number of carbonyl (C=O) groups excluding carboxylic acids is 1. The summed E-state index contributed by atoms with van der Waals surface area (Å²) >= 11 is 3.15. The average molecular weight is 394 g/mol. The van der Waals surface area contributed by atoms with Crippen LogP contribution in [0.4, 0.5) is 8.78 Å². The van der Waals surface area contributed by atoms with Gasteiger partial charge in [0.15, 0.2) is 0 Å². The van der Waals surface area contributed by atoms with E-state index in [1.54, 1.807) is 18.7 Å². The van der Waals surface area contributed by atoms with Crippen molar-refractivity contribution in [3.63, 3.8) is 0 Å². The lowest BCUT2D eigenvalue weighted by Crippen LogP contribution is -2.41. The standard InChI is InChI=1S/C16H26BrF2N3O/c1-9(2)7-21(8-10(3)4)16(23)12(6)22-11(5)13(17)14(20-22)15(18)19/h9-10,12,15H,7-8H2,1-6H3. The van der Waals surface area contributed by atoms with Crippen molar-refractivity contribution in [2.24, 2.45) is 11.8 Å². The van der Waals surface area contributed by atoms with Crippen LogP contribution in [0.25, 0.3) is 0 Å². The van der Waals surface area contributed by atoms with Gasteiger partial charge in [-0.3, -0.25) is 9.48 Å². The van der Waals surface area contributed by atoms with Crippen LogP contribution in [0.5, 0.6) is 0 Å². The van der Waals surface area contributed by atoms with E-state index in [1.807, 2.05) is 0 Å². The van der Waals surface area contributed by atoms with Crippen molar-refractivity contribution >= 4 is 21.8 Å². The summed E-state index contributed by atoms with van der Waals surface area (Å²) in [6.07, 6.45) is -2.67. The fraction of sp³-hybridized carbons (Fsp3) is 0.750. The zero-order valence-corrected chi connectivity index (χ0v) is 16.2. The molecular formula is C16H26BrF2N3O. The van der Waals surface area contributed by atoms with Crippen LogP contribution in [0, 0.1) is 18.8 Å². The second-order valence-electron chi connectivity index (χ2n) is 6.74. The largest absolute Gasteiger partial charge is 0.340 e. The molecule has 0 aromatic carbocycles. The number of nitrogens with zero attached hydrogens (tertiary/aromatic N) is 3. The number of rotatable bonds is 7. The SMILES string of the molecule is Cc1c(Br)c(C(F)F)nn1C(C)C(=O)N(CC(C)C)CC(C)C. The molecule has 0 spiro atoms. The molecule has 7 heteroatoms. The van der Waals surface area contributed by atoms with Crippen LogP contribution in [-0.4, -0.2) is 33.7 Å². The van der Waals surface area contributed by atoms with Crippen molar-refractivity contribution in [3.05, 3.63) is 15.9 Å². The summed E-state index contributed by atoms with van der Waals surface area (Å²) in [5.41, 5.74) is 0.219. The van der Waals surface area contributed by atoms with Gasteiger partial charge in [-0.25, -0.2) is 8.78 Å². The Hall–Kier alpha value is -0.980. The van der Waals surface area contributed by atoms with Crippen molar-refractivity contribution in [3.8, 4) is 0 Å². The van der Waals surface area contributed by atoms with Gasteiger partial charge in [-0.15, -0.1) is 0 Å². The number of alkyl halides is 2. The molecule has 0 N–H and O–H groups in total. The lowest BCUT2D eigenvalue weighted by atomic mass is 10.1. The molecule has 1 unspecified atom stereocenters. The van der Waals surface area contributed by atoms with E-state index in [9.17, 15) is 13.6 Å². The molecule has 0 bridgehead atoms. The lowest BCUT2D eigenvalue weighted by Gasteiger charge is -2.29. The number of aromatic nitrogens is 2. The smallest absolute Gasteiger partial charge is 0.283 e. The fourth-order valence-corrected chi connectivity index (χ4v) is 2.98. The number of halogens is 3. The highest BCUT2D eigenvalue weighted by molar-refractivity contribution is 9.10. The summed E-state index contributed by atoms with van der Waals surface area (Å²) < 4.78 is 27.6. The van der Waals surface area contributed by atoms with E-state index in [0.717, 1.165) is 0 Å². The minimum absolute atomic E-state index is 0.0914. The van der Waals surface area contributed by atoms with Gasteiger partial charge in [-0.05, 0) is 41.6 Å². The third kappa shape index (κ3) is 4.99. The Morgan fingerprint density at radius 2 is 1.65 bits per heavy atom. The summed E-state index contributed by atoms with van der Waals surface area (Å²) in [4.78, 5) is 14.6. The summed E-state index contributed by atoms with van der Waals surface area (Å²) in [6, 6.07) is -0.615. The molecule has 0 saturated carbocycles. The lowest BCUT2D eigenvalue weighted by molar-refractivity contribution is -0.135. The summed E-state index contributed by atoms with van der Waals surface area (Å²) in [5.74, 6) is 0.588. The molecule has 1 atom stereocenters. The van der Waals surface area contributed by atoms with Crippen molar-refractivity contribution in [1.29, 1.82) is 0 Å². The normalized spacial score (nSPS) is 13.2. The van der Waals surface area contributed by atoms with Gasteiger partial charge in [0, 0.05) is 13.1 Å². The Morgan fingerprint density at radius 3 is 2.00 bits per heavy atom. The van der Waals surface area contributed by atoms with Crippen molar-refractivity contribution in [2.45, 2.75) is 54.0 Å².